The number of carbonyl (C=O) groups excluding carboxylic acids is 1. The fourth-order valence-corrected chi connectivity index (χ4v) is 1.48. The second-order valence-electron chi connectivity index (χ2n) is 6.50. The first-order chi connectivity index (χ1) is 8.11. The van der Waals surface area contributed by atoms with E-state index in [-0.39, 0.29) is 17.7 Å². The number of hydrogen-bond acceptors (Lipinski definition) is 2. The summed E-state index contributed by atoms with van der Waals surface area (Å²) in [4.78, 5) is 14.2. The molecule has 0 bridgehead atoms. The predicted molar refractivity (Wildman–Crippen MR) is 76.7 cm³/mol. The average Bonchev–Trinajstić information content (AvgIpc) is 2.25. The lowest BCUT2D eigenvalue weighted by atomic mass is 9.98. The second kappa shape index (κ2) is 7.01. The Kier molecular flexibility index (Phi) is 6.72. The van der Waals surface area contributed by atoms with Crippen LogP contribution in [0.3, 0.4) is 0 Å². The highest BCUT2D eigenvalue weighted by Gasteiger charge is 2.32. The molecule has 18 heavy (non-hydrogen) atoms. The highest BCUT2D eigenvalue weighted by atomic mass is 16.6. The van der Waals surface area contributed by atoms with E-state index in [9.17, 15) is 4.79 Å². The lowest BCUT2D eigenvalue weighted by molar-refractivity contribution is 0.0191. The van der Waals surface area contributed by atoms with Gasteiger partial charge in [-0.3, -0.25) is 0 Å². The summed E-state index contributed by atoms with van der Waals surface area (Å²) in [5.74, 6) is 0.789. The van der Waals surface area contributed by atoms with Gasteiger partial charge in [0, 0.05) is 12.1 Å². The van der Waals surface area contributed by atoms with Gasteiger partial charge in [0.05, 0.1) is 0 Å². The van der Waals surface area contributed by atoms with E-state index < -0.39 is 0 Å². The van der Waals surface area contributed by atoms with Crippen molar-refractivity contribution in [3.8, 4) is 0 Å². The summed E-state index contributed by atoms with van der Waals surface area (Å²) < 4.78 is 5.55. The van der Waals surface area contributed by atoms with Gasteiger partial charge in [0.2, 0.25) is 0 Å². The lowest BCUT2D eigenvalue weighted by Gasteiger charge is -2.39. The third-order valence-corrected chi connectivity index (χ3v) is 3.59. The quantitative estimate of drug-likeness (QED) is 0.709. The first-order valence-electron chi connectivity index (χ1n) is 7.10. The van der Waals surface area contributed by atoms with Gasteiger partial charge in [-0.2, -0.15) is 0 Å². The summed E-state index contributed by atoms with van der Waals surface area (Å²) in [7, 11) is 0. The summed E-state index contributed by atoms with van der Waals surface area (Å²) in [6.07, 6.45) is 0.696. The molecule has 0 saturated heterocycles. The Morgan fingerprint density at radius 2 is 1.67 bits per heavy atom. The number of ether oxygens (including phenoxy) is 1. The van der Waals surface area contributed by atoms with E-state index >= 15 is 0 Å². The Morgan fingerprint density at radius 3 is 2.00 bits per heavy atom. The van der Waals surface area contributed by atoms with E-state index in [2.05, 4.69) is 48.5 Å². The van der Waals surface area contributed by atoms with Gasteiger partial charge in [0.15, 0.2) is 0 Å². The van der Waals surface area contributed by atoms with Crippen molar-refractivity contribution in [2.75, 3.05) is 6.54 Å². The molecule has 1 atom stereocenters. The zero-order valence-corrected chi connectivity index (χ0v) is 13.4. The van der Waals surface area contributed by atoms with Gasteiger partial charge >= 0.3 is 6.09 Å². The van der Waals surface area contributed by atoms with Crippen molar-refractivity contribution in [3.05, 3.63) is 0 Å². The van der Waals surface area contributed by atoms with Gasteiger partial charge in [-0.25, -0.2) is 4.79 Å². The van der Waals surface area contributed by atoms with Crippen LogP contribution in [0.4, 0.5) is 4.79 Å². The van der Waals surface area contributed by atoms with Crippen LogP contribution in [0.15, 0.2) is 0 Å². The van der Waals surface area contributed by atoms with Crippen LogP contribution in [0.5, 0.6) is 0 Å². The van der Waals surface area contributed by atoms with E-state index in [1.165, 1.54) is 0 Å². The molecule has 0 heterocycles. The van der Waals surface area contributed by atoms with Crippen molar-refractivity contribution in [1.82, 2.24) is 4.90 Å². The van der Waals surface area contributed by atoms with Crippen LogP contribution in [0.1, 0.15) is 61.8 Å². The minimum atomic E-state index is -0.184. The number of carbonyl (C=O) groups is 1. The molecule has 0 aromatic carbocycles. The number of rotatable bonds is 6. The molecule has 0 N–H and O–H groups in total. The molecular formula is C15H31NO2. The number of nitrogens with zero attached hydrogens (tertiary/aromatic N) is 1. The SMILES string of the molecule is CCC(C)(C)N(CC(C)C)C(=O)OC(C)C(C)C. The standard InChI is InChI=1S/C15H31NO2/c1-9-15(7,8)16(10-11(2)3)14(17)18-13(6)12(4)5/h11-13H,9-10H2,1-8H3. The van der Waals surface area contributed by atoms with Gasteiger partial charge in [-0.15, -0.1) is 0 Å². The summed E-state index contributed by atoms with van der Waals surface area (Å²) in [6.45, 7) is 17.4. The molecule has 0 aromatic rings. The van der Waals surface area contributed by atoms with E-state index in [1.807, 2.05) is 11.8 Å². The first-order valence-corrected chi connectivity index (χ1v) is 7.10. The van der Waals surface area contributed by atoms with Crippen LogP contribution in [0.2, 0.25) is 0 Å². The Bertz CT molecular complexity index is 259. The van der Waals surface area contributed by atoms with Crippen LogP contribution in [-0.4, -0.2) is 29.2 Å². The average molecular weight is 257 g/mol. The van der Waals surface area contributed by atoms with Crippen LogP contribution in [0, 0.1) is 11.8 Å². The third-order valence-electron chi connectivity index (χ3n) is 3.59. The zero-order valence-electron chi connectivity index (χ0n) is 13.4. The molecule has 0 aliphatic heterocycles. The van der Waals surface area contributed by atoms with Gasteiger partial charge in [0.1, 0.15) is 6.10 Å². The highest BCUT2D eigenvalue weighted by Crippen LogP contribution is 2.22. The summed E-state index contributed by atoms with van der Waals surface area (Å²) in [6, 6.07) is 0. The van der Waals surface area contributed by atoms with Crippen molar-refractivity contribution < 1.29 is 9.53 Å². The fourth-order valence-electron chi connectivity index (χ4n) is 1.48. The third kappa shape index (κ3) is 5.28. The van der Waals surface area contributed by atoms with Crippen molar-refractivity contribution >= 4 is 6.09 Å². The van der Waals surface area contributed by atoms with Gasteiger partial charge in [-0.1, -0.05) is 34.6 Å². The maximum atomic E-state index is 12.3. The zero-order chi connectivity index (χ0) is 14.5. The summed E-state index contributed by atoms with van der Waals surface area (Å²) in [5.41, 5.74) is -0.155. The van der Waals surface area contributed by atoms with Crippen LogP contribution >= 0.6 is 0 Å². The molecule has 0 fully saturated rings. The maximum Gasteiger partial charge on any atom is 0.410 e. The van der Waals surface area contributed by atoms with E-state index in [4.69, 9.17) is 4.74 Å². The summed E-state index contributed by atoms with van der Waals surface area (Å²) >= 11 is 0. The topological polar surface area (TPSA) is 29.5 Å². The Morgan fingerprint density at radius 1 is 1.17 bits per heavy atom. The molecule has 0 saturated carbocycles. The summed E-state index contributed by atoms with van der Waals surface area (Å²) in [5, 5.41) is 0. The van der Waals surface area contributed by atoms with E-state index in [0.29, 0.717) is 11.8 Å². The lowest BCUT2D eigenvalue weighted by Crippen LogP contribution is -2.50. The molecule has 1 amide bonds. The first kappa shape index (κ1) is 17.3. The normalized spacial score (nSPS) is 13.9. The molecule has 0 aromatic heterocycles. The minimum Gasteiger partial charge on any atom is -0.446 e. The van der Waals surface area contributed by atoms with Gasteiger partial charge in [0.25, 0.3) is 0 Å². The molecular weight excluding hydrogens is 226 g/mol. The van der Waals surface area contributed by atoms with Crippen molar-refractivity contribution in [1.29, 1.82) is 0 Å². The predicted octanol–water partition coefficient (Wildman–Crippen LogP) is 4.31. The largest absolute Gasteiger partial charge is 0.446 e. The second-order valence-corrected chi connectivity index (χ2v) is 6.50. The Hall–Kier alpha value is -0.730. The molecule has 0 aliphatic carbocycles. The van der Waals surface area contributed by atoms with Crippen LogP contribution in [0.25, 0.3) is 0 Å². The van der Waals surface area contributed by atoms with Crippen LogP contribution in [-0.2, 0) is 4.74 Å². The molecule has 0 radical (unpaired) electrons. The number of amides is 1. The van der Waals surface area contributed by atoms with Crippen molar-refractivity contribution in [3.63, 3.8) is 0 Å². The van der Waals surface area contributed by atoms with Crippen molar-refractivity contribution in [2.24, 2.45) is 11.8 Å². The molecule has 3 nitrogen and oxygen atoms in total. The molecule has 3 heteroatoms. The molecule has 0 rings (SSSR count). The fraction of sp³-hybridized carbons (Fsp3) is 0.933. The van der Waals surface area contributed by atoms with Crippen molar-refractivity contribution in [2.45, 2.75) is 73.5 Å². The van der Waals surface area contributed by atoms with Gasteiger partial charge < -0.3 is 9.64 Å². The monoisotopic (exact) mass is 257 g/mol. The molecule has 108 valence electrons. The van der Waals surface area contributed by atoms with E-state index in [1.54, 1.807) is 0 Å². The minimum absolute atomic E-state index is 0.0418. The molecule has 1 unspecified atom stereocenters. The molecule has 0 aliphatic rings. The molecule has 0 spiro atoms. The van der Waals surface area contributed by atoms with E-state index in [0.717, 1.165) is 13.0 Å². The van der Waals surface area contributed by atoms with Gasteiger partial charge in [-0.05, 0) is 39.0 Å². The maximum absolute atomic E-state index is 12.3. The van der Waals surface area contributed by atoms with Crippen LogP contribution < -0.4 is 0 Å². The number of hydrogen-bond donors (Lipinski definition) is 0. The highest BCUT2D eigenvalue weighted by molar-refractivity contribution is 5.68. The smallest absolute Gasteiger partial charge is 0.410 e. The Labute approximate surface area is 113 Å². The Balaban J connectivity index is 4.81.